The summed E-state index contributed by atoms with van der Waals surface area (Å²) in [7, 11) is 0. The molecule has 0 fully saturated rings. The number of nitrogens with one attached hydrogen (secondary N) is 1. The predicted molar refractivity (Wildman–Crippen MR) is 79.1 cm³/mol. The van der Waals surface area contributed by atoms with Crippen LogP contribution in [0.25, 0.3) is 0 Å². The molecule has 1 aromatic carbocycles. The molecule has 0 bridgehead atoms. The Morgan fingerprint density at radius 1 is 1.28 bits per heavy atom. The molecule has 0 amide bonds. The molecule has 0 saturated carbocycles. The van der Waals surface area contributed by atoms with Crippen LogP contribution in [0.15, 0.2) is 28.7 Å². The van der Waals surface area contributed by atoms with Crippen LogP contribution in [0.5, 0.6) is 0 Å². The van der Waals surface area contributed by atoms with Crippen LogP contribution >= 0.6 is 15.9 Å². The summed E-state index contributed by atoms with van der Waals surface area (Å²) in [6.07, 6.45) is 0. The van der Waals surface area contributed by atoms with E-state index in [9.17, 15) is 0 Å². The number of rotatable bonds is 4. The minimum absolute atomic E-state index is 0.873. The standard InChI is InChI=1S/C14H18BrN3/c1-10-11(2)17-18(12(10)3)8-7-16-14-6-4-5-13(15)9-14/h4-6,9,16H,7-8H2,1-3H3. The minimum Gasteiger partial charge on any atom is -0.383 e. The summed E-state index contributed by atoms with van der Waals surface area (Å²) in [6, 6.07) is 8.19. The van der Waals surface area contributed by atoms with Crippen LogP contribution < -0.4 is 5.32 Å². The highest BCUT2D eigenvalue weighted by Crippen LogP contribution is 2.15. The van der Waals surface area contributed by atoms with Crippen molar-refractivity contribution < 1.29 is 0 Å². The molecular formula is C14H18BrN3. The third-order valence-corrected chi connectivity index (χ3v) is 3.71. The van der Waals surface area contributed by atoms with Crippen LogP contribution in [-0.4, -0.2) is 16.3 Å². The van der Waals surface area contributed by atoms with Gasteiger partial charge in [-0.25, -0.2) is 0 Å². The van der Waals surface area contributed by atoms with Gasteiger partial charge in [-0.3, -0.25) is 4.68 Å². The van der Waals surface area contributed by atoms with E-state index >= 15 is 0 Å². The van der Waals surface area contributed by atoms with Crippen molar-refractivity contribution in [2.45, 2.75) is 27.3 Å². The largest absolute Gasteiger partial charge is 0.383 e. The highest BCUT2D eigenvalue weighted by atomic mass is 79.9. The molecule has 1 N–H and O–H groups in total. The first-order chi connectivity index (χ1) is 8.58. The van der Waals surface area contributed by atoms with Gasteiger partial charge in [-0.15, -0.1) is 0 Å². The minimum atomic E-state index is 0.873. The van der Waals surface area contributed by atoms with Crippen LogP contribution in [0.4, 0.5) is 5.69 Å². The Morgan fingerprint density at radius 2 is 2.06 bits per heavy atom. The zero-order valence-electron chi connectivity index (χ0n) is 11.0. The molecule has 0 aliphatic carbocycles. The summed E-state index contributed by atoms with van der Waals surface area (Å²) in [5.41, 5.74) is 4.79. The smallest absolute Gasteiger partial charge is 0.0625 e. The molecule has 0 atom stereocenters. The molecule has 0 unspecified atom stereocenters. The van der Waals surface area contributed by atoms with Crippen molar-refractivity contribution in [3.05, 3.63) is 45.7 Å². The number of hydrogen-bond donors (Lipinski definition) is 1. The molecule has 18 heavy (non-hydrogen) atoms. The van der Waals surface area contributed by atoms with Gasteiger partial charge in [-0.2, -0.15) is 5.10 Å². The average molecular weight is 308 g/mol. The zero-order valence-corrected chi connectivity index (χ0v) is 12.6. The number of aryl methyl sites for hydroxylation is 1. The first-order valence-corrected chi connectivity index (χ1v) is 6.87. The highest BCUT2D eigenvalue weighted by molar-refractivity contribution is 9.10. The van der Waals surface area contributed by atoms with Gasteiger partial charge in [0.05, 0.1) is 12.2 Å². The fourth-order valence-corrected chi connectivity index (χ4v) is 2.31. The van der Waals surface area contributed by atoms with Crippen LogP contribution in [-0.2, 0) is 6.54 Å². The molecule has 2 rings (SSSR count). The van der Waals surface area contributed by atoms with Gasteiger partial charge in [0.25, 0.3) is 0 Å². The number of benzene rings is 1. The van der Waals surface area contributed by atoms with Gasteiger partial charge in [0, 0.05) is 22.4 Å². The molecule has 0 aliphatic heterocycles. The van der Waals surface area contributed by atoms with Crippen LogP contribution in [0, 0.1) is 20.8 Å². The third-order valence-electron chi connectivity index (χ3n) is 3.22. The van der Waals surface area contributed by atoms with Gasteiger partial charge in [0.1, 0.15) is 0 Å². The number of aromatic nitrogens is 2. The van der Waals surface area contributed by atoms with Crippen molar-refractivity contribution in [2.75, 3.05) is 11.9 Å². The second-order valence-corrected chi connectivity index (χ2v) is 5.37. The highest BCUT2D eigenvalue weighted by Gasteiger charge is 2.06. The van der Waals surface area contributed by atoms with Gasteiger partial charge < -0.3 is 5.32 Å². The van der Waals surface area contributed by atoms with E-state index in [0.29, 0.717) is 0 Å². The maximum atomic E-state index is 4.53. The van der Waals surface area contributed by atoms with Gasteiger partial charge in [0.2, 0.25) is 0 Å². The first-order valence-electron chi connectivity index (χ1n) is 6.08. The maximum absolute atomic E-state index is 4.53. The normalized spacial score (nSPS) is 10.7. The SMILES string of the molecule is Cc1nn(CCNc2cccc(Br)c2)c(C)c1C. The van der Waals surface area contributed by atoms with Crippen LogP contribution in [0.1, 0.15) is 17.0 Å². The van der Waals surface area contributed by atoms with E-state index in [0.717, 1.165) is 28.9 Å². The molecule has 96 valence electrons. The predicted octanol–water partition coefficient (Wildman–Crippen LogP) is 3.68. The third kappa shape index (κ3) is 2.93. The average Bonchev–Trinajstić information content (AvgIpc) is 2.57. The summed E-state index contributed by atoms with van der Waals surface area (Å²) in [4.78, 5) is 0. The molecule has 0 radical (unpaired) electrons. The van der Waals surface area contributed by atoms with Gasteiger partial charge >= 0.3 is 0 Å². The summed E-state index contributed by atoms with van der Waals surface area (Å²) >= 11 is 3.47. The van der Waals surface area contributed by atoms with Crippen molar-refractivity contribution in [3.63, 3.8) is 0 Å². The van der Waals surface area contributed by atoms with E-state index in [1.807, 2.05) is 12.1 Å². The van der Waals surface area contributed by atoms with E-state index in [1.54, 1.807) is 0 Å². The Hall–Kier alpha value is -1.29. The molecule has 0 saturated heterocycles. The number of hydrogen-bond acceptors (Lipinski definition) is 2. The van der Waals surface area contributed by atoms with Crippen molar-refractivity contribution in [1.29, 1.82) is 0 Å². The fraction of sp³-hybridized carbons (Fsp3) is 0.357. The molecule has 1 heterocycles. The van der Waals surface area contributed by atoms with Crippen LogP contribution in [0.3, 0.4) is 0 Å². The van der Waals surface area contributed by atoms with Crippen molar-refractivity contribution >= 4 is 21.6 Å². The quantitative estimate of drug-likeness (QED) is 0.933. The van der Waals surface area contributed by atoms with Crippen molar-refractivity contribution in [1.82, 2.24) is 9.78 Å². The van der Waals surface area contributed by atoms with Crippen molar-refractivity contribution in [2.24, 2.45) is 0 Å². The molecule has 1 aromatic heterocycles. The lowest BCUT2D eigenvalue weighted by Gasteiger charge is -2.08. The Labute approximate surface area is 116 Å². The first kappa shape index (κ1) is 13.1. The molecule has 3 nitrogen and oxygen atoms in total. The van der Waals surface area contributed by atoms with E-state index in [2.05, 4.69) is 63.9 Å². The van der Waals surface area contributed by atoms with E-state index in [4.69, 9.17) is 0 Å². The van der Waals surface area contributed by atoms with Gasteiger partial charge in [-0.05, 0) is 44.5 Å². The second-order valence-electron chi connectivity index (χ2n) is 4.46. The van der Waals surface area contributed by atoms with Crippen molar-refractivity contribution in [3.8, 4) is 0 Å². The second kappa shape index (κ2) is 5.57. The maximum Gasteiger partial charge on any atom is 0.0625 e. The lowest BCUT2D eigenvalue weighted by molar-refractivity contribution is 0.614. The van der Waals surface area contributed by atoms with E-state index < -0.39 is 0 Å². The monoisotopic (exact) mass is 307 g/mol. The lowest BCUT2D eigenvalue weighted by atomic mass is 10.2. The Balaban J connectivity index is 1.94. The van der Waals surface area contributed by atoms with Gasteiger partial charge in [-0.1, -0.05) is 22.0 Å². The van der Waals surface area contributed by atoms with E-state index in [1.165, 1.54) is 11.3 Å². The molecule has 4 heteroatoms. The number of anilines is 1. The Kier molecular flexibility index (Phi) is 4.07. The van der Waals surface area contributed by atoms with Gasteiger partial charge in [0.15, 0.2) is 0 Å². The molecular weight excluding hydrogens is 290 g/mol. The molecule has 0 spiro atoms. The Bertz CT molecular complexity index is 546. The topological polar surface area (TPSA) is 29.9 Å². The Morgan fingerprint density at radius 3 is 2.67 bits per heavy atom. The summed E-state index contributed by atoms with van der Waals surface area (Å²) in [5, 5.41) is 7.92. The number of halogens is 1. The number of nitrogens with zero attached hydrogens (tertiary/aromatic N) is 2. The fourth-order valence-electron chi connectivity index (χ4n) is 1.91. The summed E-state index contributed by atoms with van der Waals surface area (Å²) in [5.74, 6) is 0. The zero-order chi connectivity index (χ0) is 13.1. The molecule has 0 aliphatic rings. The summed E-state index contributed by atoms with van der Waals surface area (Å²) in [6.45, 7) is 8.05. The lowest BCUT2D eigenvalue weighted by Crippen LogP contribution is -2.12. The summed E-state index contributed by atoms with van der Waals surface area (Å²) < 4.78 is 3.16. The van der Waals surface area contributed by atoms with Crippen LogP contribution in [0.2, 0.25) is 0 Å². The van der Waals surface area contributed by atoms with E-state index in [-0.39, 0.29) is 0 Å². The molecule has 2 aromatic rings.